The minimum absolute atomic E-state index is 0.201. The predicted octanol–water partition coefficient (Wildman–Crippen LogP) is 1.24. The van der Waals surface area contributed by atoms with Crippen LogP contribution in [0.5, 0.6) is 0 Å². The van der Waals surface area contributed by atoms with Gasteiger partial charge in [-0.05, 0) is 16.8 Å². The Balaban J connectivity index is 2.13. The number of rotatable bonds is 4. The third kappa shape index (κ3) is 2.25. The van der Waals surface area contributed by atoms with E-state index in [1.54, 1.807) is 24.6 Å². The van der Waals surface area contributed by atoms with Gasteiger partial charge in [0.05, 0.1) is 6.54 Å². The Bertz CT molecular complexity index is 545. The molecule has 0 saturated carbocycles. The molecular weight excluding hydrogens is 226 g/mol. The van der Waals surface area contributed by atoms with Crippen molar-refractivity contribution in [3.63, 3.8) is 0 Å². The summed E-state index contributed by atoms with van der Waals surface area (Å²) < 4.78 is 6.44. The van der Waals surface area contributed by atoms with Crippen LogP contribution in [0.3, 0.4) is 0 Å². The first-order valence-electron chi connectivity index (χ1n) is 4.89. The Morgan fingerprint density at radius 1 is 1.65 bits per heavy atom. The number of anilines is 1. The fourth-order valence-corrected chi connectivity index (χ4v) is 1.43. The molecule has 0 aliphatic rings. The number of hydrogen-bond acceptors (Lipinski definition) is 6. The lowest BCUT2D eigenvalue weighted by Crippen LogP contribution is -2.05. The summed E-state index contributed by atoms with van der Waals surface area (Å²) >= 11 is 0. The van der Waals surface area contributed by atoms with Crippen molar-refractivity contribution in [2.24, 2.45) is 7.05 Å². The second-order valence-corrected chi connectivity index (χ2v) is 3.57. The maximum absolute atomic E-state index is 10.7. The average Bonchev–Trinajstić information content (AvgIpc) is 2.82. The smallest absolute Gasteiger partial charge is 0.361 e. The van der Waals surface area contributed by atoms with Crippen LogP contribution in [0, 0.1) is 17.0 Å². The topological polar surface area (TPSA) is 99.0 Å². The quantitative estimate of drug-likeness (QED) is 0.634. The van der Waals surface area contributed by atoms with Crippen LogP contribution in [0.2, 0.25) is 0 Å². The molecule has 0 aliphatic carbocycles. The zero-order chi connectivity index (χ0) is 12.4. The molecule has 2 rings (SSSR count). The Labute approximate surface area is 96.4 Å². The second kappa shape index (κ2) is 4.24. The van der Waals surface area contributed by atoms with Gasteiger partial charge in [0.25, 0.3) is 0 Å². The van der Waals surface area contributed by atoms with Gasteiger partial charge >= 0.3 is 5.82 Å². The van der Waals surface area contributed by atoms with Crippen molar-refractivity contribution in [2.75, 3.05) is 5.32 Å². The summed E-state index contributed by atoms with van der Waals surface area (Å²) in [5.41, 5.74) is 0.679. The van der Waals surface area contributed by atoms with E-state index in [4.69, 9.17) is 4.52 Å². The molecule has 0 unspecified atom stereocenters. The molecule has 0 saturated heterocycles. The molecule has 0 bridgehead atoms. The number of nitrogens with one attached hydrogen (secondary N) is 1. The van der Waals surface area contributed by atoms with Gasteiger partial charge in [0.15, 0.2) is 0 Å². The first kappa shape index (κ1) is 11.1. The molecule has 2 heterocycles. The normalized spacial score (nSPS) is 10.5. The van der Waals surface area contributed by atoms with Crippen LogP contribution in [0.15, 0.2) is 16.9 Å². The summed E-state index contributed by atoms with van der Waals surface area (Å²) in [4.78, 5) is 13.9. The first-order valence-corrected chi connectivity index (χ1v) is 4.89. The molecule has 17 heavy (non-hydrogen) atoms. The highest BCUT2D eigenvalue weighted by Crippen LogP contribution is 2.21. The fourth-order valence-electron chi connectivity index (χ4n) is 1.43. The van der Waals surface area contributed by atoms with Crippen molar-refractivity contribution in [1.29, 1.82) is 0 Å². The highest BCUT2D eigenvalue weighted by Gasteiger charge is 2.19. The predicted molar refractivity (Wildman–Crippen MR) is 58.4 cm³/mol. The van der Waals surface area contributed by atoms with Crippen LogP contribution < -0.4 is 5.32 Å². The van der Waals surface area contributed by atoms with Crippen molar-refractivity contribution in [1.82, 2.24) is 14.7 Å². The van der Waals surface area contributed by atoms with Crippen molar-refractivity contribution in [3.05, 3.63) is 34.0 Å². The lowest BCUT2D eigenvalue weighted by atomic mass is 10.4. The number of aromatic nitrogens is 3. The third-order valence-corrected chi connectivity index (χ3v) is 2.20. The Kier molecular flexibility index (Phi) is 2.77. The zero-order valence-corrected chi connectivity index (χ0v) is 9.38. The molecule has 0 spiro atoms. The van der Waals surface area contributed by atoms with Crippen molar-refractivity contribution in [3.8, 4) is 0 Å². The van der Waals surface area contributed by atoms with E-state index >= 15 is 0 Å². The van der Waals surface area contributed by atoms with Crippen LogP contribution in [-0.2, 0) is 13.6 Å². The Hall–Kier alpha value is -2.38. The molecule has 8 heteroatoms. The number of nitro groups is 1. The highest BCUT2D eigenvalue weighted by atomic mass is 16.6. The van der Waals surface area contributed by atoms with Crippen LogP contribution in [-0.4, -0.2) is 19.6 Å². The van der Waals surface area contributed by atoms with Gasteiger partial charge in [-0.15, -0.1) is 0 Å². The van der Waals surface area contributed by atoms with Crippen LogP contribution in [0.4, 0.5) is 11.6 Å². The van der Waals surface area contributed by atoms with Crippen LogP contribution in [0.25, 0.3) is 0 Å². The van der Waals surface area contributed by atoms with Crippen molar-refractivity contribution >= 4 is 11.6 Å². The van der Waals surface area contributed by atoms with Gasteiger partial charge in [-0.3, -0.25) is 4.57 Å². The van der Waals surface area contributed by atoms with Gasteiger partial charge in [-0.1, -0.05) is 5.16 Å². The maximum Gasteiger partial charge on any atom is 0.406 e. The highest BCUT2D eigenvalue weighted by molar-refractivity contribution is 5.52. The fraction of sp³-hybridized carbons (Fsp3) is 0.333. The van der Waals surface area contributed by atoms with Gasteiger partial charge < -0.3 is 20.0 Å². The van der Waals surface area contributed by atoms with Crippen LogP contribution >= 0.6 is 0 Å². The summed E-state index contributed by atoms with van der Waals surface area (Å²) in [6, 6.07) is 1.76. The average molecular weight is 237 g/mol. The molecule has 90 valence electrons. The largest absolute Gasteiger partial charge is 0.406 e. The molecular formula is C9H11N5O3. The van der Waals surface area contributed by atoms with E-state index in [2.05, 4.69) is 15.5 Å². The van der Waals surface area contributed by atoms with Crippen molar-refractivity contribution in [2.45, 2.75) is 13.5 Å². The van der Waals surface area contributed by atoms with Crippen LogP contribution in [0.1, 0.15) is 11.5 Å². The van der Waals surface area contributed by atoms with E-state index in [1.807, 2.05) is 0 Å². The van der Waals surface area contributed by atoms with E-state index in [0.29, 0.717) is 23.8 Å². The van der Waals surface area contributed by atoms with Gasteiger partial charge in [0.1, 0.15) is 11.5 Å². The van der Waals surface area contributed by atoms with Gasteiger partial charge in [0.2, 0.25) is 12.1 Å². The molecule has 0 aliphatic heterocycles. The van der Waals surface area contributed by atoms with Gasteiger partial charge in [-0.2, -0.15) is 0 Å². The van der Waals surface area contributed by atoms with E-state index in [-0.39, 0.29) is 5.82 Å². The number of hydrogen-bond donors (Lipinski definition) is 1. The number of aryl methyl sites for hydroxylation is 2. The molecule has 2 aromatic heterocycles. The molecule has 0 aromatic carbocycles. The van der Waals surface area contributed by atoms with Gasteiger partial charge in [-0.25, -0.2) is 0 Å². The summed E-state index contributed by atoms with van der Waals surface area (Å²) in [5, 5.41) is 17.4. The molecule has 1 N–H and O–H groups in total. The van der Waals surface area contributed by atoms with E-state index in [1.165, 1.54) is 6.33 Å². The Morgan fingerprint density at radius 3 is 3.00 bits per heavy atom. The minimum atomic E-state index is -0.531. The summed E-state index contributed by atoms with van der Waals surface area (Å²) in [6.45, 7) is 2.13. The number of nitrogens with zero attached hydrogens (tertiary/aromatic N) is 4. The molecule has 2 aromatic rings. The lowest BCUT2D eigenvalue weighted by Gasteiger charge is -2.03. The summed E-state index contributed by atoms with van der Waals surface area (Å²) in [7, 11) is 1.68. The summed E-state index contributed by atoms with van der Waals surface area (Å²) in [6.07, 6.45) is 1.38. The van der Waals surface area contributed by atoms with E-state index < -0.39 is 4.92 Å². The first-order chi connectivity index (χ1) is 8.08. The van der Waals surface area contributed by atoms with E-state index in [9.17, 15) is 10.1 Å². The maximum atomic E-state index is 10.7. The van der Waals surface area contributed by atoms with E-state index in [0.717, 1.165) is 0 Å². The molecule has 0 radical (unpaired) electrons. The lowest BCUT2D eigenvalue weighted by molar-refractivity contribution is -0.388. The standard InChI is InChI=1S/C9H11N5O3/c1-6-3-7(12-17-6)4-10-8-9(14(15)16)11-5-13(8)2/h3,5,10H,4H2,1-2H3. The SMILES string of the molecule is Cc1cc(CNc2c([N+](=O)[O-])ncn2C)no1. The second-order valence-electron chi connectivity index (χ2n) is 3.57. The summed E-state index contributed by atoms with van der Waals surface area (Å²) in [5.74, 6) is 0.838. The van der Waals surface area contributed by atoms with Gasteiger partial charge in [0, 0.05) is 13.1 Å². The van der Waals surface area contributed by atoms with Crippen molar-refractivity contribution < 1.29 is 9.45 Å². The Morgan fingerprint density at radius 2 is 2.41 bits per heavy atom. The molecule has 0 fully saturated rings. The monoisotopic (exact) mass is 237 g/mol. The molecule has 0 amide bonds. The molecule has 8 nitrogen and oxygen atoms in total. The number of imidazole rings is 1. The minimum Gasteiger partial charge on any atom is -0.361 e. The zero-order valence-electron chi connectivity index (χ0n) is 9.38. The third-order valence-electron chi connectivity index (χ3n) is 2.20. The molecule has 0 atom stereocenters.